The van der Waals surface area contributed by atoms with E-state index in [0.717, 1.165) is 50.2 Å². The van der Waals surface area contributed by atoms with Gasteiger partial charge < -0.3 is 15.7 Å². The van der Waals surface area contributed by atoms with Crippen LogP contribution in [0.4, 0.5) is 5.69 Å². The minimum absolute atomic E-state index is 0.431. The molecule has 0 aliphatic rings. The van der Waals surface area contributed by atoms with Crippen molar-refractivity contribution in [1.82, 2.24) is 4.57 Å². The molecule has 0 aliphatic carbocycles. The first-order valence-corrected chi connectivity index (χ1v) is 13.2. The Kier molecular flexibility index (Phi) is 9.11. The Labute approximate surface area is 237 Å². The fourth-order valence-electron chi connectivity index (χ4n) is 4.64. The second kappa shape index (κ2) is 13.1. The van der Waals surface area contributed by atoms with Crippen LogP contribution in [-0.2, 0) is 0 Å². The zero-order valence-corrected chi connectivity index (χ0v) is 23.1. The van der Waals surface area contributed by atoms with Crippen LogP contribution in [0.25, 0.3) is 28.2 Å². The number of nitrogens with two attached hydrogens (primary N) is 1. The van der Waals surface area contributed by atoms with Gasteiger partial charge in [-0.25, -0.2) is 0 Å². The van der Waals surface area contributed by atoms with Crippen LogP contribution in [0.2, 0.25) is 0 Å². The lowest BCUT2D eigenvalue weighted by Crippen LogP contribution is -2.01. The maximum atomic E-state index is 8.74. The Morgan fingerprint density at radius 2 is 1.48 bits per heavy atom. The summed E-state index contributed by atoms with van der Waals surface area (Å²) in [7, 11) is 0. The number of fused-ring (bicyclic) bond motifs is 1. The molecule has 1 aromatic heterocycles. The van der Waals surface area contributed by atoms with Gasteiger partial charge in [0, 0.05) is 33.6 Å². The van der Waals surface area contributed by atoms with E-state index in [2.05, 4.69) is 55.8 Å². The first kappa shape index (κ1) is 27.9. The van der Waals surface area contributed by atoms with E-state index in [-0.39, 0.29) is 0 Å². The highest BCUT2D eigenvalue weighted by molar-refractivity contribution is 6.11. The number of nitrogens with one attached hydrogen (secondary N) is 1. The monoisotopic (exact) mass is 521 g/mol. The molecular formula is C37H35N3. The van der Waals surface area contributed by atoms with Crippen LogP contribution in [0.3, 0.4) is 0 Å². The molecule has 4 aromatic carbocycles. The van der Waals surface area contributed by atoms with E-state index < -0.39 is 0 Å². The van der Waals surface area contributed by atoms with Gasteiger partial charge in [-0.3, -0.25) is 0 Å². The summed E-state index contributed by atoms with van der Waals surface area (Å²) in [6, 6.07) is 34.3. The maximum Gasteiger partial charge on any atom is 0.0619 e. The van der Waals surface area contributed by atoms with Gasteiger partial charge in [0.2, 0.25) is 0 Å². The number of nitrogens with zero attached hydrogens (tertiary/aromatic N) is 1. The van der Waals surface area contributed by atoms with Crippen LogP contribution in [0.1, 0.15) is 27.9 Å². The third-order valence-corrected chi connectivity index (χ3v) is 6.66. The molecular weight excluding hydrogens is 486 g/mol. The van der Waals surface area contributed by atoms with E-state index >= 15 is 0 Å². The molecule has 0 amide bonds. The average molecular weight is 522 g/mol. The van der Waals surface area contributed by atoms with Crippen LogP contribution >= 0.6 is 0 Å². The summed E-state index contributed by atoms with van der Waals surface area (Å²) in [6.07, 6.45) is 9.42. The van der Waals surface area contributed by atoms with Crippen LogP contribution in [0.15, 0.2) is 141 Å². The van der Waals surface area contributed by atoms with Crippen molar-refractivity contribution >= 4 is 34.0 Å². The number of hydrogen-bond acceptors (Lipinski definition) is 2. The van der Waals surface area contributed by atoms with Crippen molar-refractivity contribution < 1.29 is 0 Å². The van der Waals surface area contributed by atoms with Crippen molar-refractivity contribution in [1.29, 1.82) is 5.41 Å². The van der Waals surface area contributed by atoms with E-state index in [1.165, 1.54) is 5.56 Å². The summed E-state index contributed by atoms with van der Waals surface area (Å²) in [5.41, 5.74) is 15.6. The number of aryl methyl sites for hydroxylation is 1. The Morgan fingerprint density at radius 1 is 0.800 bits per heavy atom. The summed E-state index contributed by atoms with van der Waals surface area (Å²) in [5, 5.41) is 9.83. The van der Waals surface area contributed by atoms with Crippen molar-refractivity contribution in [3.8, 4) is 5.69 Å². The molecule has 3 N–H and O–H groups in total. The average Bonchev–Trinajstić information content (AvgIpc) is 3.25. The zero-order valence-electron chi connectivity index (χ0n) is 23.1. The molecule has 0 unspecified atom stereocenters. The Balaban J connectivity index is 0.000000461. The third kappa shape index (κ3) is 6.46. The van der Waals surface area contributed by atoms with Gasteiger partial charge in [0.25, 0.3) is 0 Å². The molecule has 3 nitrogen and oxygen atoms in total. The molecule has 0 atom stereocenters. The number of hydrogen-bond donors (Lipinski definition) is 2. The molecule has 0 spiro atoms. The Morgan fingerprint density at radius 3 is 2.10 bits per heavy atom. The standard InChI is InChI=1S/C30H27N3.C7H8/c1-4-6-15-27-21(3)33(30-17-16-25(31)20-28(27)30)26-14-10-13-24(18-26)29(32)19-22(5-2)23-11-8-7-9-12-23;1-7-5-3-2-4-6-7/h4-20,32H,1-2,31H2,3H3;2-6H,1H3/b15-6-,22-19+,32-29?;. The van der Waals surface area contributed by atoms with Gasteiger partial charge >= 0.3 is 0 Å². The van der Waals surface area contributed by atoms with Gasteiger partial charge in [-0.2, -0.15) is 0 Å². The molecule has 0 radical (unpaired) electrons. The lowest BCUT2D eigenvalue weighted by Gasteiger charge is -2.11. The normalized spacial score (nSPS) is 11.2. The van der Waals surface area contributed by atoms with Gasteiger partial charge in [-0.05, 0) is 61.4 Å². The highest BCUT2D eigenvalue weighted by Crippen LogP contribution is 2.32. The maximum absolute atomic E-state index is 8.74. The first-order chi connectivity index (χ1) is 19.4. The van der Waals surface area contributed by atoms with Gasteiger partial charge in [0.15, 0.2) is 0 Å². The molecule has 3 heteroatoms. The van der Waals surface area contributed by atoms with E-state index in [0.29, 0.717) is 5.71 Å². The van der Waals surface area contributed by atoms with E-state index in [1.807, 2.05) is 97.1 Å². The number of rotatable bonds is 7. The molecule has 5 aromatic rings. The van der Waals surface area contributed by atoms with Crippen LogP contribution in [0.5, 0.6) is 0 Å². The topological polar surface area (TPSA) is 54.8 Å². The quantitative estimate of drug-likeness (QED) is 0.125. The summed E-state index contributed by atoms with van der Waals surface area (Å²) in [5.74, 6) is 0. The van der Waals surface area contributed by atoms with Crippen LogP contribution in [0, 0.1) is 19.3 Å². The van der Waals surface area contributed by atoms with Crippen molar-refractivity contribution in [3.63, 3.8) is 0 Å². The summed E-state index contributed by atoms with van der Waals surface area (Å²) in [6.45, 7) is 11.9. The first-order valence-electron chi connectivity index (χ1n) is 13.2. The summed E-state index contributed by atoms with van der Waals surface area (Å²) in [4.78, 5) is 0. The number of anilines is 1. The van der Waals surface area contributed by atoms with Crippen LogP contribution in [-0.4, -0.2) is 10.3 Å². The molecule has 0 saturated carbocycles. The van der Waals surface area contributed by atoms with E-state index in [4.69, 9.17) is 11.1 Å². The number of benzene rings is 4. The minimum Gasteiger partial charge on any atom is -0.399 e. The smallest absolute Gasteiger partial charge is 0.0619 e. The molecule has 0 saturated heterocycles. The Bertz CT molecular complexity index is 1700. The number of aromatic nitrogens is 1. The number of allylic oxidation sites excluding steroid dienone is 5. The predicted molar refractivity (Wildman–Crippen MR) is 174 cm³/mol. The zero-order chi connectivity index (χ0) is 28.5. The van der Waals surface area contributed by atoms with Crippen molar-refractivity contribution in [2.24, 2.45) is 0 Å². The summed E-state index contributed by atoms with van der Waals surface area (Å²) >= 11 is 0. The largest absolute Gasteiger partial charge is 0.399 e. The van der Waals surface area contributed by atoms with Crippen molar-refractivity contribution in [2.75, 3.05) is 5.73 Å². The fourth-order valence-corrected chi connectivity index (χ4v) is 4.64. The number of nitrogen functional groups attached to an aromatic ring is 1. The molecule has 1 heterocycles. The highest BCUT2D eigenvalue weighted by Gasteiger charge is 2.15. The molecule has 0 fully saturated rings. The van der Waals surface area contributed by atoms with Crippen LogP contribution < -0.4 is 5.73 Å². The minimum atomic E-state index is 0.431. The molecule has 0 bridgehead atoms. The van der Waals surface area contributed by atoms with Crippen molar-refractivity contribution in [2.45, 2.75) is 13.8 Å². The molecule has 5 rings (SSSR count). The second-order valence-electron chi connectivity index (χ2n) is 9.49. The molecule has 0 aliphatic heterocycles. The predicted octanol–water partition coefficient (Wildman–Crippen LogP) is 9.35. The van der Waals surface area contributed by atoms with E-state index in [9.17, 15) is 0 Å². The summed E-state index contributed by atoms with van der Waals surface area (Å²) < 4.78 is 2.21. The fraction of sp³-hybridized carbons (Fsp3) is 0.0541. The van der Waals surface area contributed by atoms with Gasteiger partial charge in [0.1, 0.15) is 0 Å². The Hall–Kier alpha value is -5.15. The van der Waals surface area contributed by atoms with Gasteiger partial charge in [-0.15, -0.1) is 0 Å². The lowest BCUT2D eigenvalue weighted by atomic mass is 10.0. The SMILES string of the molecule is C=C/C=C\c1c(C)n(-c2cccc(C(=N)/C=C(\C=C)c3ccccc3)c2)c2ccc(N)cc12.Cc1ccccc1. The van der Waals surface area contributed by atoms with E-state index in [1.54, 1.807) is 12.2 Å². The highest BCUT2D eigenvalue weighted by atomic mass is 15.0. The molecule has 40 heavy (non-hydrogen) atoms. The third-order valence-electron chi connectivity index (χ3n) is 6.66. The van der Waals surface area contributed by atoms with Gasteiger partial charge in [-0.1, -0.05) is 116 Å². The second-order valence-corrected chi connectivity index (χ2v) is 9.49. The lowest BCUT2D eigenvalue weighted by molar-refractivity contribution is 1.05. The van der Waals surface area contributed by atoms with Crippen molar-refractivity contribution in [3.05, 3.63) is 169 Å². The van der Waals surface area contributed by atoms with Gasteiger partial charge in [0.05, 0.1) is 11.2 Å². The molecule has 198 valence electrons.